The number of nitrogen functional groups attached to an aromatic ring is 1. The van der Waals surface area contributed by atoms with E-state index in [4.69, 9.17) is 5.73 Å². The Kier molecular flexibility index (Phi) is 4.32. The largest absolute Gasteiger partial charge is 0.397 e. The number of nitrogens with one attached hydrogen (secondary N) is 1. The van der Waals surface area contributed by atoms with E-state index in [0.29, 0.717) is 17.9 Å². The minimum Gasteiger partial charge on any atom is -0.397 e. The standard InChI is InChI=1S/C13H17N3O2S2/c1-15-20(17,18)11-5-6-12(14)13(8-11)16(2)9-10-4-3-7-19-10/h3-8,15H,9,14H2,1-2H3. The van der Waals surface area contributed by atoms with Crippen LogP contribution in [0.3, 0.4) is 0 Å². The second kappa shape index (κ2) is 5.82. The predicted octanol–water partition coefficient (Wildman–Crippen LogP) is 1.87. The van der Waals surface area contributed by atoms with Crippen molar-refractivity contribution < 1.29 is 8.42 Å². The molecule has 0 unspecified atom stereocenters. The summed E-state index contributed by atoms with van der Waals surface area (Å²) in [7, 11) is -0.183. The summed E-state index contributed by atoms with van der Waals surface area (Å²) in [6.45, 7) is 0.685. The summed E-state index contributed by atoms with van der Waals surface area (Å²) in [5, 5.41) is 2.01. The fourth-order valence-corrected chi connectivity index (χ4v) is 3.37. The van der Waals surface area contributed by atoms with Crippen LogP contribution in [0.25, 0.3) is 0 Å². The topological polar surface area (TPSA) is 75.4 Å². The highest BCUT2D eigenvalue weighted by molar-refractivity contribution is 7.89. The predicted molar refractivity (Wildman–Crippen MR) is 83.5 cm³/mol. The third-order valence-corrected chi connectivity index (χ3v) is 5.24. The van der Waals surface area contributed by atoms with Crippen LogP contribution in [0.5, 0.6) is 0 Å². The average Bonchev–Trinajstić information content (AvgIpc) is 2.91. The van der Waals surface area contributed by atoms with Crippen LogP contribution >= 0.6 is 11.3 Å². The van der Waals surface area contributed by atoms with Crippen molar-refractivity contribution >= 4 is 32.7 Å². The monoisotopic (exact) mass is 311 g/mol. The Morgan fingerprint density at radius 1 is 1.35 bits per heavy atom. The van der Waals surface area contributed by atoms with Gasteiger partial charge in [-0.15, -0.1) is 11.3 Å². The van der Waals surface area contributed by atoms with Gasteiger partial charge in [0.15, 0.2) is 0 Å². The molecule has 1 heterocycles. The zero-order valence-electron chi connectivity index (χ0n) is 11.3. The van der Waals surface area contributed by atoms with Crippen molar-refractivity contribution in [1.29, 1.82) is 0 Å². The van der Waals surface area contributed by atoms with Crippen molar-refractivity contribution in [2.75, 3.05) is 24.7 Å². The van der Waals surface area contributed by atoms with Gasteiger partial charge in [-0.25, -0.2) is 13.1 Å². The molecule has 0 bridgehead atoms. The highest BCUT2D eigenvalue weighted by Gasteiger charge is 2.15. The summed E-state index contributed by atoms with van der Waals surface area (Å²) in [4.78, 5) is 3.34. The Morgan fingerprint density at radius 2 is 2.10 bits per heavy atom. The van der Waals surface area contributed by atoms with Crippen LogP contribution in [0, 0.1) is 0 Å². The Balaban J connectivity index is 2.33. The van der Waals surface area contributed by atoms with Crippen molar-refractivity contribution in [3.05, 3.63) is 40.6 Å². The molecule has 5 nitrogen and oxygen atoms in total. The third kappa shape index (κ3) is 3.12. The van der Waals surface area contributed by atoms with Crippen molar-refractivity contribution in [1.82, 2.24) is 4.72 Å². The second-order valence-corrected chi connectivity index (χ2v) is 7.28. The molecule has 0 fully saturated rings. The van der Waals surface area contributed by atoms with Gasteiger partial charge in [-0.1, -0.05) is 6.07 Å². The SMILES string of the molecule is CNS(=O)(=O)c1ccc(N)c(N(C)Cc2cccs2)c1. The maximum absolute atomic E-state index is 11.8. The Morgan fingerprint density at radius 3 is 2.70 bits per heavy atom. The lowest BCUT2D eigenvalue weighted by Crippen LogP contribution is -2.21. The number of hydrogen-bond donors (Lipinski definition) is 2. The Hall–Kier alpha value is -1.57. The zero-order chi connectivity index (χ0) is 14.8. The smallest absolute Gasteiger partial charge is 0.240 e. The van der Waals surface area contributed by atoms with Crippen molar-refractivity contribution in [2.45, 2.75) is 11.4 Å². The molecule has 20 heavy (non-hydrogen) atoms. The van der Waals surface area contributed by atoms with E-state index < -0.39 is 10.0 Å². The molecule has 0 aliphatic carbocycles. The van der Waals surface area contributed by atoms with Crippen molar-refractivity contribution in [3.63, 3.8) is 0 Å². The third-order valence-electron chi connectivity index (χ3n) is 2.97. The van der Waals surface area contributed by atoms with Gasteiger partial charge in [0.05, 0.1) is 22.8 Å². The summed E-state index contributed by atoms with van der Waals surface area (Å²) < 4.78 is 26.0. The Bertz CT molecular complexity index is 682. The maximum Gasteiger partial charge on any atom is 0.240 e. The molecule has 2 rings (SSSR count). The summed E-state index contributed by atoms with van der Waals surface area (Å²) in [6, 6.07) is 8.73. The lowest BCUT2D eigenvalue weighted by molar-refractivity contribution is 0.588. The summed E-state index contributed by atoms with van der Waals surface area (Å²) >= 11 is 1.65. The van der Waals surface area contributed by atoms with Gasteiger partial charge in [0.2, 0.25) is 10.0 Å². The van der Waals surface area contributed by atoms with E-state index in [-0.39, 0.29) is 4.90 Å². The number of nitrogens with two attached hydrogens (primary N) is 1. The zero-order valence-corrected chi connectivity index (χ0v) is 13.0. The number of anilines is 2. The molecule has 0 radical (unpaired) electrons. The first kappa shape index (κ1) is 14.8. The van der Waals surface area contributed by atoms with Crippen LogP contribution in [0.1, 0.15) is 4.88 Å². The van der Waals surface area contributed by atoms with E-state index in [1.807, 2.05) is 29.5 Å². The van der Waals surface area contributed by atoms with Gasteiger partial charge in [-0.3, -0.25) is 0 Å². The van der Waals surface area contributed by atoms with Crippen LogP contribution in [0.15, 0.2) is 40.6 Å². The summed E-state index contributed by atoms with van der Waals surface area (Å²) in [5.41, 5.74) is 7.21. The van der Waals surface area contributed by atoms with Crippen LogP contribution in [0.4, 0.5) is 11.4 Å². The van der Waals surface area contributed by atoms with Gasteiger partial charge in [0.25, 0.3) is 0 Å². The van der Waals surface area contributed by atoms with Crippen LogP contribution < -0.4 is 15.4 Å². The van der Waals surface area contributed by atoms with E-state index in [0.717, 1.165) is 0 Å². The molecule has 1 aromatic carbocycles. The Labute approximate surface area is 123 Å². The number of thiophene rings is 1. The first-order valence-electron chi connectivity index (χ1n) is 6.00. The number of hydrogen-bond acceptors (Lipinski definition) is 5. The molecule has 0 aliphatic heterocycles. The molecule has 3 N–H and O–H groups in total. The van der Waals surface area contributed by atoms with E-state index in [1.54, 1.807) is 23.5 Å². The van der Waals surface area contributed by atoms with Gasteiger partial charge in [0.1, 0.15) is 0 Å². The molecule has 108 valence electrons. The molecule has 0 saturated carbocycles. The van der Waals surface area contributed by atoms with E-state index in [2.05, 4.69) is 4.72 Å². The van der Waals surface area contributed by atoms with E-state index in [9.17, 15) is 8.42 Å². The minimum absolute atomic E-state index is 0.210. The van der Waals surface area contributed by atoms with Crippen molar-refractivity contribution in [3.8, 4) is 0 Å². The van der Waals surface area contributed by atoms with Crippen molar-refractivity contribution in [2.24, 2.45) is 0 Å². The average molecular weight is 311 g/mol. The lowest BCUT2D eigenvalue weighted by Gasteiger charge is -2.21. The van der Waals surface area contributed by atoms with Crippen LogP contribution in [-0.2, 0) is 16.6 Å². The highest BCUT2D eigenvalue weighted by Crippen LogP contribution is 2.27. The molecule has 1 aromatic heterocycles. The molecule has 7 heteroatoms. The van der Waals surface area contributed by atoms with Gasteiger partial charge in [-0.05, 0) is 36.7 Å². The number of sulfonamides is 1. The fraction of sp³-hybridized carbons (Fsp3) is 0.231. The molecule has 0 spiro atoms. The van der Waals surface area contributed by atoms with Gasteiger partial charge in [-0.2, -0.15) is 0 Å². The molecule has 0 saturated heterocycles. The van der Waals surface area contributed by atoms with Gasteiger partial charge >= 0.3 is 0 Å². The molecule has 0 aliphatic rings. The highest BCUT2D eigenvalue weighted by atomic mass is 32.2. The number of benzene rings is 1. The first-order chi connectivity index (χ1) is 9.44. The maximum atomic E-state index is 11.8. The molecule has 2 aromatic rings. The van der Waals surface area contributed by atoms with E-state index in [1.165, 1.54) is 18.0 Å². The molecule has 0 amide bonds. The number of rotatable bonds is 5. The normalized spacial score (nSPS) is 11.5. The summed E-state index contributed by atoms with van der Waals surface area (Å²) in [6.07, 6.45) is 0. The second-order valence-electron chi connectivity index (χ2n) is 4.36. The van der Waals surface area contributed by atoms with Crippen LogP contribution in [0.2, 0.25) is 0 Å². The quantitative estimate of drug-likeness (QED) is 0.827. The fourth-order valence-electron chi connectivity index (χ4n) is 1.86. The van der Waals surface area contributed by atoms with E-state index >= 15 is 0 Å². The van der Waals surface area contributed by atoms with Crippen LogP contribution in [-0.4, -0.2) is 22.5 Å². The summed E-state index contributed by atoms with van der Waals surface area (Å²) in [5.74, 6) is 0. The minimum atomic E-state index is -3.46. The molecular formula is C13H17N3O2S2. The van der Waals surface area contributed by atoms with Gasteiger partial charge in [0, 0.05) is 11.9 Å². The van der Waals surface area contributed by atoms with Gasteiger partial charge < -0.3 is 10.6 Å². The molecular weight excluding hydrogens is 294 g/mol. The molecule has 0 atom stereocenters. The first-order valence-corrected chi connectivity index (χ1v) is 8.37. The lowest BCUT2D eigenvalue weighted by atomic mass is 10.2. The number of nitrogens with zero attached hydrogens (tertiary/aromatic N) is 1.